The number of halogens is 4. The quantitative estimate of drug-likeness (QED) is 0.474. The summed E-state index contributed by atoms with van der Waals surface area (Å²) in [6, 6.07) is 2.12. The lowest BCUT2D eigenvalue weighted by Crippen LogP contribution is -2.64. The lowest BCUT2D eigenvalue weighted by atomic mass is 9.99. The Morgan fingerprint density at radius 3 is 2.67 bits per heavy atom. The molecule has 1 aromatic carbocycles. The molecule has 1 aliphatic carbocycles. The summed E-state index contributed by atoms with van der Waals surface area (Å²) in [5.41, 5.74) is -1.67. The van der Waals surface area contributed by atoms with Gasteiger partial charge in [-0.3, -0.25) is 19.0 Å². The summed E-state index contributed by atoms with van der Waals surface area (Å²) < 4.78 is 44.2. The molecule has 1 saturated heterocycles. The lowest BCUT2D eigenvalue weighted by molar-refractivity contribution is -0.130. The van der Waals surface area contributed by atoms with Crippen LogP contribution in [-0.2, 0) is 9.59 Å². The van der Waals surface area contributed by atoms with E-state index in [1.54, 1.807) is 11.8 Å². The number of rotatable bonds is 3. The van der Waals surface area contributed by atoms with Crippen molar-refractivity contribution < 1.29 is 27.9 Å². The van der Waals surface area contributed by atoms with Gasteiger partial charge in [-0.1, -0.05) is 24.2 Å². The van der Waals surface area contributed by atoms with Crippen molar-refractivity contribution >= 4 is 45.8 Å². The maximum absolute atomic E-state index is 14.8. The van der Waals surface area contributed by atoms with Crippen LogP contribution in [0.3, 0.4) is 0 Å². The number of piperazine rings is 1. The Morgan fingerprint density at radius 1 is 1.31 bits per heavy atom. The first-order valence-corrected chi connectivity index (χ1v) is 12.5. The van der Waals surface area contributed by atoms with E-state index in [4.69, 9.17) is 11.6 Å². The fourth-order valence-electron chi connectivity index (χ4n) is 5.47. The Bertz CT molecular complexity index is 1660. The highest BCUT2D eigenvalue weighted by molar-refractivity contribution is 6.34. The number of nitrogens with one attached hydrogen (secondary N) is 1. The van der Waals surface area contributed by atoms with Crippen LogP contribution in [0.1, 0.15) is 19.4 Å². The molecule has 2 N–H and O–H groups in total. The number of alkyl halides is 2. The molecule has 9 nitrogen and oxygen atoms in total. The summed E-state index contributed by atoms with van der Waals surface area (Å²) >= 11 is 6.54. The van der Waals surface area contributed by atoms with Gasteiger partial charge in [-0.2, -0.15) is 0 Å². The van der Waals surface area contributed by atoms with Crippen LogP contribution in [0.2, 0.25) is 5.02 Å². The van der Waals surface area contributed by atoms with E-state index in [9.17, 15) is 32.7 Å². The number of hydrogen-bond donors (Lipinski definition) is 2. The maximum atomic E-state index is 14.8. The van der Waals surface area contributed by atoms with E-state index < -0.39 is 53.5 Å². The summed E-state index contributed by atoms with van der Waals surface area (Å²) in [5.74, 6) is -5.46. The first kappa shape index (κ1) is 25.2. The second kappa shape index (κ2) is 8.47. The van der Waals surface area contributed by atoms with Gasteiger partial charge in [0.1, 0.15) is 35.0 Å². The number of aromatic nitrogens is 2. The van der Waals surface area contributed by atoms with Gasteiger partial charge in [-0.15, -0.1) is 0 Å². The molecular formula is C26H21ClF3N5O4. The number of fused-ring (bicyclic) bond motifs is 5. The van der Waals surface area contributed by atoms with Gasteiger partial charge < -0.3 is 20.2 Å². The summed E-state index contributed by atoms with van der Waals surface area (Å²) in [6.45, 7) is 5.40. The van der Waals surface area contributed by atoms with Crippen molar-refractivity contribution in [1.82, 2.24) is 14.5 Å². The summed E-state index contributed by atoms with van der Waals surface area (Å²) in [7, 11) is 0. The number of nitrogens with zero attached hydrogens (tertiary/aromatic N) is 4. The normalized spacial score (nSPS) is 23.2. The molecule has 202 valence electrons. The predicted octanol–water partition coefficient (Wildman–Crippen LogP) is 3.69. The molecule has 2 amide bonds. The van der Waals surface area contributed by atoms with Crippen LogP contribution in [0, 0.1) is 5.82 Å². The highest BCUT2D eigenvalue weighted by atomic mass is 35.5. The highest BCUT2D eigenvalue weighted by Gasteiger charge is 2.60. The van der Waals surface area contributed by atoms with Crippen LogP contribution in [-0.4, -0.2) is 62.5 Å². The van der Waals surface area contributed by atoms with E-state index in [-0.39, 0.29) is 57.7 Å². The minimum Gasteiger partial charge on any atom is -0.507 e. The maximum Gasteiger partial charge on any atom is 0.278 e. The number of carbonyl (C=O) groups excluding carboxylic acids is 2. The zero-order valence-electron chi connectivity index (χ0n) is 20.4. The van der Waals surface area contributed by atoms with Crippen molar-refractivity contribution in [2.24, 2.45) is 0 Å². The van der Waals surface area contributed by atoms with Crippen LogP contribution >= 0.6 is 11.6 Å². The van der Waals surface area contributed by atoms with Crippen molar-refractivity contribution in [1.29, 1.82) is 0 Å². The Kier molecular flexibility index (Phi) is 5.48. The molecule has 13 heteroatoms. The van der Waals surface area contributed by atoms with E-state index in [1.807, 2.05) is 0 Å². The number of pyridine rings is 2. The first-order valence-electron chi connectivity index (χ1n) is 12.1. The SMILES string of the molecule is C=CC(=O)N1C[C@@H]2C(=O)Nc3c(c4cc(Cl)c(-c5c(O)cccc5F)nc4n([C@H]4CC4(F)F)c3=O)N2C[C@H]1C. The fraction of sp³-hybridized carbons (Fsp3) is 0.308. The zero-order chi connectivity index (χ0) is 28.0. The number of aromatic hydroxyl groups is 1. The van der Waals surface area contributed by atoms with Crippen molar-refractivity contribution in [3.05, 3.63) is 58.1 Å². The summed E-state index contributed by atoms with van der Waals surface area (Å²) in [4.78, 5) is 46.7. The van der Waals surface area contributed by atoms with Gasteiger partial charge >= 0.3 is 0 Å². The molecule has 0 spiro atoms. The Morgan fingerprint density at radius 2 is 2.03 bits per heavy atom. The van der Waals surface area contributed by atoms with E-state index in [1.165, 1.54) is 23.1 Å². The number of phenols is 1. The van der Waals surface area contributed by atoms with Gasteiger partial charge in [0.2, 0.25) is 11.8 Å². The topological polar surface area (TPSA) is 108 Å². The molecule has 39 heavy (non-hydrogen) atoms. The molecule has 3 atom stereocenters. The number of hydrogen-bond acceptors (Lipinski definition) is 6. The Balaban J connectivity index is 1.63. The molecule has 0 unspecified atom stereocenters. The molecule has 0 bridgehead atoms. The molecule has 2 aromatic heterocycles. The molecule has 1 saturated carbocycles. The van der Waals surface area contributed by atoms with Crippen LogP contribution in [0.5, 0.6) is 5.75 Å². The molecule has 6 rings (SSSR count). The minimum absolute atomic E-state index is 0.00902. The molecule has 3 aromatic rings. The third-order valence-corrected chi connectivity index (χ3v) is 7.76. The van der Waals surface area contributed by atoms with Crippen LogP contribution < -0.4 is 15.8 Å². The third kappa shape index (κ3) is 3.68. The number of benzene rings is 1. The van der Waals surface area contributed by atoms with Gasteiger partial charge in [0, 0.05) is 24.4 Å². The Labute approximate surface area is 224 Å². The third-order valence-electron chi connectivity index (χ3n) is 7.48. The molecule has 4 heterocycles. The van der Waals surface area contributed by atoms with Crippen molar-refractivity contribution in [3.63, 3.8) is 0 Å². The second-order valence-electron chi connectivity index (χ2n) is 9.90. The lowest BCUT2D eigenvalue weighted by Gasteiger charge is -2.48. The van der Waals surface area contributed by atoms with Gasteiger partial charge in [0.05, 0.1) is 28.5 Å². The Hall–Kier alpha value is -4.06. The van der Waals surface area contributed by atoms with Crippen molar-refractivity contribution in [3.8, 4) is 17.0 Å². The largest absolute Gasteiger partial charge is 0.507 e. The van der Waals surface area contributed by atoms with Crippen molar-refractivity contribution in [2.75, 3.05) is 23.3 Å². The average molecular weight is 560 g/mol. The standard InChI is InChI=1S/C26H21ClF3N5O4/c1-3-18(37)33-10-15-24(38)32-21-22(34(15)9-11(33)2)12-7-13(27)20(19-14(28)5-4-6-16(19)36)31-23(12)35(25(21)39)17-8-26(17,29)30/h3-7,11,15,17,36H,1,8-10H2,2H3,(H,32,38)/t11-,15-,17+/m1/s1. The monoisotopic (exact) mass is 559 g/mol. The van der Waals surface area contributed by atoms with Crippen molar-refractivity contribution in [2.45, 2.75) is 37.4 Å². The van der Waals surface area contributed by atoms with Gasteiger partial charge in [0.25, 0.3) is 11.5 Å². The van der Waals surface area contributed by atoms with Crippen LogP contribution in [0.15, 0.2) is 41.7 Å². The highest BCUT2D eigenvalue weighted by Crippen LogP contribution is 2.54. The minimum atomic E-state index is -3.20. The molecule has 2 fully saturated rings. The molecular weight excluding hydrogens is 539 g/mol. The molecule has 3 aliphatic rings. The second-order valence-corrected chi connectivity index (χ2v) is 10.3. The number of amides is 2. The summed E-state index contributed by atoms with van der Waals surface area (Å²) in [5, 5.41) is 13.0. The van der Waals surface area contributed by atoms with Crippen LogP contribution in [0.4, 0.5) is 24.5 Å². The van der Waals surface area contributed by atoms with Crippen LogP contribution in [0.25, 0.3) is 22.3 Å². The van der Waals surface area contributed by atoms with E-state index in [0.717, 1.165) is 16.7 Å². The van der Waals surface area contributed by atoms with E-state index >= 15 is 0 Å². The number of phenolic OH excluding ortho intramolecular Hbond substituents is 1. The number of carbonyl (C=O) groups is 2. The number of anilines is 2. The molecule has 2 aliphatic heterocycles. The van der Waals surface area contributed by atoms with Gasteiger partial charge in [0.15, 0.2) is 0 Å². The van der Waals surface area contributed by atoms with Gasteiger partial charge in [-0.25, -0.2) is 18.2 Å². The summed E-state index contributed by atoms with van der Waals surface area (Å²) in [6.07, 6.45) is 0.523. The molecule has 0 radical (unpaired) electrons. The smallest absolute Gasteiger partial charge is 0.278 e. The van der Waals surface area contributed by atoms with E-state index in [2.05, 4.69) is 16.9 Å². The first-order chi connectivity index (χ1) is 18.4. The average Bonchev–Trinajstić information content (AvgIpc) is 3.51. The predicted molar refractivity (Wildman–Crippen MR) is 138 cm³/mol. The van der Waals surface area contributed by atoms with Gasteiger partial charge in [-0.05, 0) is 31.2 Å². The van der Waals surface area contributed by atoms with E-state index in [0.29, 0.717) is 0 Å². The zero-order valence-corrected chi connectivity index (χ0v) is 21.2. The fourth-order valence-corrected chi connectivity index (χ4v) is 5.71.